The van der Waals surface area contributed by atoms with Gasteiger partial charge < -0.3 is 9.64 Å². The molecule has 0 bridgehead atoms. The van der Waals surface area contributed by atoms with Crippen LogP contribution in [0.4, 0.5) is 4.39 Å². The van der Waals surface area contributed by atoms with E-state index in [1.807, 2.05) is 11.2 Å². The minimum Gasteiger partial charge on any atom is -0.379 e. The summed E-state index contributed by atoms with van der Waals surface area (Å²) in [5.74, 6) is -0.221. The number of rotatable bonds is 3. The summed E-state index contributed by atoms with van der Waals surface area (Å²) in [5.41, 5.74) is 0.217. The topological polar surface area (TPSA) is 32.8 Å². The van der Waals surface area contributed by atoms with E-state index in [2.05, 4.69) is 11.8 Å². The first-order chi connectivity index (χ1) is 11.1. The van der Waals surface area contributed by atoms with Crippen LogP contribution in [-0.2, 0) is 4.74 Å². The average Bonchev–Trinajstić information content (AvgIpc) is 2.96. The van der Waals surface area contributed by atoms with Crippen molar-refractivity contribution in [1.82, 2.24) is 9.80 Å². The number of benzene rings is 1. The van der Waals surface area contributed by atoms with E-state index in [9.17, 15) is 9.18 Å². The maximum absolute atomic E-state index is 14.2. The summed E-state index contributed by atoms with van der Waals surface area (Å²) in [6.07, 6.45) is 1.87. The van der Waals surface area contributed by atoms with Crippen LogP contribution in [0.3, 0.4) is 0 Å². The van der Waals surface area contributed by atoms with Crippen molar-refractivity contribution in [3.63, 3.8) is 0 Å². The molecule has 0 saturated carbocycles. The van der Waals surface area contributed by atoms with Gasteiger partial charge in [-0.1, -0.05) is 13.0 Å². The normalized spacial score (nSPS) is 25.8. The molecule has 2 atom stereocenters. The van der Waals surface area contributed by atoms with Crippen LogP contribution in [-0.4, -0.2) is 67.4 Å². The Balaban J connectivity index is 1.76. The molecule has 126 valence electrons. The molecule has 1 amide bonds. The highest BCUT2D eigenvalue weighted by atomic mass is 32.2. The first-order valence-corrected chi connectivity index (χ1v) is 9.28. The molecule has 0 N–H and O–H groups in total. The molecule has 2 heterocycles. The van der Waals surface area contributed by atoms with E-state index in [1.54, 1.807) is 12.1 Å². The summed E-state index contributed by atoms with van der Waals surface area (Å²) in [6.45, 7) is 6.84. The number of hydrogen-bond donors (Lipinski definition) is 0. The molecule has 6 heteroatoms. The molecule has 23 heavy (non-hydrogen) atoms. The van der Waals surface area contributed by atoms with Gasteiger partial charge in [0.05, 0.1) is 18.8 Å². The first kappa shape index (κ1) is 16.7. The summed E-state index contributed by atoms with van der Waals surface area (Å²) in [4.78, 5) is 17.8. The van der Waals surface area contributed by atoms with Crippen LogP contribution in [0.2, 0.25) is 0 Å². The zero-order valence-corrected chi connectivity index (χ0v) is 14.4. The fourth-order valence-corrected chi connectivity index (χ4v) is 4.14. The number of amides is 1. The monoisotopic (exact) mass is 338 g/mol. The highest BCUT2D eigenvalue weighted by Crippen LogP contribution is 2.28. The maximum atomic E-state index is 14.2. The Morgan fingerprint density at radius 2 is 2.04 bits per heavy atom. The lowest BCUT2D eigenvalue weighted by atomic mass is 10.0. The van der Waals surface area contributed by atoms with Gasteiger partial charge in [0, 0.05) is 37.1 Å². The number of carbonyl (C=O) groups is 1. The number of carbonyl (C=O) groups excluding carboxylic acids is 1. The van der Waals surface area contributed by atoms with E-state index < -0.39 is 5.82 Å². The van der Waals surface area contributed by atoms with Crippen molar-refractivity contribution in [2.45, 2.75) is 17.9 Å². The highest BCUT2D eigenvalue weighted by molar-refractivity contribution is 7.98. The number of nitrogens with zero attached hydrogens (tertiary/aromatic N) is 2. The summed E-state index contributed by atoms with van der Waals surface area (Å²) < 4.78 is 19.6. The molecule has 3 rings (SSSR count). The SMILES string of the molecule is CSc1cccc(F)c1C(=O)N1C[C@@H](C)[C@@H](N2CCOCC2)C1. The predicted octanol–water partition coefficient (Wildman–Crippen LogP) is 2.34. The number of hydrogen-bond acceptors (Lipinski definition) is 4. The zero-order chi connectivity index (χ0) is 16.4. The molecule has 0 unspecified atom stereocenters. The molecule has 0 aliphatic carbocycles. The Labute approximate surface area is 141 Å². The fraction of sp³-hybridized carbons (Fsp3) is 0.588. The fourth-order valence-electron chi connectivity index (χ4n) is 3.54. The Morgan fingerprint density at radius 3 is 2.74 bits per heavy atom. The number of thioether (sulfide) groups is 1. The second-order valence-corrected chi connectivity index (χ2v) is 7.07. The second-order valence-electron chi connectivity index (χ2n) is 6.22. The van der Waals surface area contributed by atoms with Crippen LogP contribution in [0.25, 0.3) is 0 Å². The van der Waals surface area contributed by atoms with Crippen LogP contribution in [0, 0.1) is 11.7 Å². The van der Waals surface area contributed by atoms with Crippen molar-refractivity contribution in [2.75, 3.05) is 45.6 Å². The quantitative estimate of drug-likeness (QED) is 0.792. The minimum absolute atomic E-state index is 0.185. The van der Waals surface area contributed by atoms with Gasteiger partial charge >= 0.3 is 0 Å². The molecule has 0 radical (unpaired) electrons. The standard InChI is InChI=1S/C17H23FN2O2S/c1-12-10-20(11-14(12)19-6-8-22-9-7-19)17(21)16-13(18)4-3-5-15(16)23-2/h3-5,12,14H,6-11H2,1-2H3/t12-,14+/m1/s1. The molecule has 0 spiro atoms. The third kappa shape index (κ3) is 3.39. The molecule has 2 aliphatic heterocycles. The van der Waals surface area contributed by atoms with Gasteiger partial charge in [-0.25, -0.2) is 4.39 Å². The molecule has 1 aromatic carbocycles. The van der Waals surface area contributed by atoms with Crippen molar-refractivity contribution in [3.8, 4) is 0 Å². The van der Waals surface area contributed by atoms with E-state index in [0.717, 1.165) is 26.3 Å². The molecule has 0 aromatic heterocycles. The number of ether oxygens (including phenoxy) is 1. The van der Waals surface area contributed by atoms with Crippen molar-refractivity contribution >= 4 is 17.7 Å². The number of halogens is 1. The van der Waals surface area contributed by atoms with E-state index >= 15 is 0 Å². The van der Waals surface area contributed by atoms with Gasteiger partial charge in [0.2, 0.25) is 0 Å². The van der Waals surface area contributed by atoms with E-state index in [4.69, 9.17) is 4.74 Å². The van der Waals surface area contributed by atoms with Crippen LogP contribution in [0.1, 0.15) is 17.3 Å². The Hall–Kier alpha value is -1.11. The van der Waals surface area contributed by atoms with Gasteiger partial charge in [0.25, 0.3) is 5.91 Å². The second kappa shape index (κ2) is 7.20. The third-order valence-corrected chi connectivity index (χ3v) is 5.56. The lowest BCUT2D eigenvalue weighted by Crippen LogP contribution is -2.47. The van der Waals surface area contributed by atoms with E-state index in [-0.39, 0.29) is 11.5 Å². The summed E-state index contributed by atoms with van der Waals surface area (Å²) in [7, 11) is 0. The lowest BCUT2D eigenvalue weighted by molar-refractivity contribution is 0.0119. The van der Waals surface area contributed by atoms with Gasteiger partial charge in [0.15, 0.2) is 0 Å². The summed E-state index contributed by atoms with van der Waals surface area (Å²) in [6, 6.07) is 5.17. The highest BCUT2D eigenvalue weighted by Gasteiger charge is 2.37. The van der Waals surface area contributed by atoms with Crippen molar-refractivity contribution in [3.05, 3.63) is 29.6 Å². The summed E-state index contributed by atoms with van der Waals surface area (Å²) >= 11 is 1.41. The van der Waals surface area contributed by atoms with Crippen molar-refractivity contribution < 1.29 is 13.9 Å². The molecule has 2 fully saturated rings. The Morgan fingerprint density at radius 1 is 1.30 bits per heavy atom. The predicted molar refractivity (Wildman–Crippen MR) is 89.4 cm³/mol. The number of likely N-dealkylation sites (tertiary alicyclic amines) is 1. The van der Waals surface area contributed by atoms with Crippen LogP contribution < -0.4 is 0 Å². The van der Waals surface area contributed by atoms with Gasteiger partial charge in [-0.3, -0.25) is 9.69 Å². The van der Waals surface area contributed by atoms with Crippen LogP contribution in [0.15, 0.2) is 23.1 Å². The van der Waals surface area contributed by atoms with E-state index in [1.165, 1.54) is 17.8 Å². The van der Waals surface area contributed by atoms with Gasteiger partial charge in [-0.15, -0.1) is 11.8 Å². The molecule has 4 nitrogen and oxygen atoms in total. The Bertz CT molecular complexity index is 578. The largest absolute Gasteiger partial charge is 0.379 e. The van der Waals surface area contributed by atoms with Gasteiger partial charge in [-0.05, 0) is 24.3 Å². The minimum atomic E-state index is -0.427. The van der Waals surface area contributed by atoms with Crippen LogP contribution in [0.5, 0.6) is 0 Å². The molecule has 1 aromatic rings. The number of morpholine rings is 1. The Kier molecular flexibility index (Phi) is 5.24. The van der Waals surface area contributed by atoms with Crippen molar-refractivity contribution in [2.24, 2.45) is 5.92 Å². The van der Waals surface area contributed by atoms with E-state index in [0.29, 0.717) is 29.9 Å². The maximum Gasteiger partial charge on any atom is 0.258 e. The molecule has 2 saturated heterocycles. The van der Waals surface area contributed by atoms with Crippen molar-refractivity contribution in [1.29, 1.82) is 0 Å². The molecular formula is C17H23FN2O2S. The van der Waals surface area contributed by atoms with Gasteiger partial charge in [-0.2, -0.15) is 0 Å². The first-order valence-electron chi connectivity index (χ1n) is 8.05. The smallest absolute Gasteiger partial charge is 0.258 e. The van der Waals surface area contributed by atoms with Gasteiger partial charge in [0.1, 0.15) is 5.82 Å². The van der Waals surface area contributed by atoms with Crippen LogP contribution >= 0.6 is 11.8 Å². The average molecular weight is 338 g/mol. The summed E-state index contributed by atoms with van der Waals surface area (Å²) in [5, 5.41) is 0. The molecular weight excluding hydrogens is 315 g/mol. The third-order valence-electron chi connectivity index (χ3n) is 4.78. The zero-order valence-electron chi connectivity index (χ0n) is 13.6. The lowest BCUT2D eigenvalue weighted by Gasteiger charge is -2.34. The molecule has 2 aliphatic rings.